The molecule has 0 aliphatic rings. The number of aryl methyl sites for hydroxylation is 1. The highest BCUT2D eigenvalue weighted by atomic mass is 35.7. The first-order valence-electron chi connectivity index (χ1n) is 4.83. The summed E-state index contributed by atoms with van der Waals surface area (Å²) in [6.07, 6.45) is 1.57. The second-order valence-electron chi connectivity index (χ2n) is 3.40. The molecular formula is C8H10ClN5O2S. The molecular weight excluding hydrogens is 266 g/mol. The highest BCUT2D eigenvalue weighted by Gasteiger charge is 2.23. The number of nitrogens with one attached hydrogen (secondary N) is 1. The maximum Gasteiger partial charge on any atom is 0.296 e. The van der Waals surface area contributed by atoms with Gasteiger partial charge in [0.25, 0.3) is 14.2 Å². The number of aromatic amines is 1. The van der Waals surface area contributed by atoms with Gasteiger partial charge in [-0.2, -0.15) is 5.10 Å². The molecule has 92 valence electrons. The smallest absolute Gasteiger partial charge is 0.296 e. The van der Waals surface area contributed by atoms with Gasteiger partial charge in [0, 0.05) is 22.9 Å². The lowest BCUT2D eigenvalue weighted by atomic mass is 10.2. The molecule has 2 aromatic rings. The van der Waals surface area contributed by atoms with Gasteiger partial charge < -0.3 is 0 Å². The Kier molecular flexibility index (Phi) is 2.92. The van der Waals surface area contributed by atoms with Crippen LogP contribution in [0.3, 0.4) is 0 Å². The first-order valence-corrected chi connectivity index (χ1v) is 7.14. The quantitative estimate of drug-likeness (QED) is 0.841. The fourth-order valence-corrected chi connectivity index (χ4v) is 2.49. The van der Waals surface area contributed by atoms with Crippen molar-refractivity contribution in [2.45, 2.75) is 25.5 Å². The monoisotopic (exact) mass is 275 g/mol. The van der Waals surface area contributed by atoms with Crippen molar-refractivity contribution in [3.05, 3.63) is 11.9 Å². The minimum absolute atomic E-state index is 0.253. The number of nitrogens with zero attached hydrogens (tertiary/aromatic N) is 4. The van der Waals surface area contributed by atoms with Crippen LogP contribution in [0.5, 0.6) is 0 Å². The van der Waals surface area contributed by atoms with E-state index >= 15 is 0 Å². The van der Waals surface area contributed by atoms with E-state index in [4.69, 9.17) is 10.7 Å². The van der Waals surface area contributed by atoms with Crippen LogP contribution in [0.1, 0.15) is 12.6 Å². The standard InChI is InChI=1S/C8H10ClN5O2S/c1-3-14-7(6-4-10-11-5(6)2)12-13-8(14)17(9,15)16/h4H,3H2,1-2H3,(H,10,11). The van der Waals surface area contributed by atoms with Crippen molar-refractivity contribution in [3.8, 4) is 11.4 Å². The van der Waals surface area contributed by atoms with Gasteiger partial charge in [-0.1, -0.05) is 0 Å². The molecule has 0 saturated carbocycles. The molecule has 0 saturated heterocycles. The van der Waals surface area contributed by atoms with Crippen molar-refractivity contribution in [2.75, 3.05) is 0 Å². The summed E-state index contributed by atoms with van der Waals surface area (Å²) in [5, 5.41) is 13.8. The number of rotatable bonds is 3. The third-order valence-corrected chi connectivity index (χ3v) is 3.47. The lowest BCUT2D eigenvalue weighted by Crippen LogP contribution is -2.06. The summed E-state index contributed by atoms with van der Waals surface area (Å²) in [6.45, 7) is 3.99. The van der Waals surface area contributed by atoms with Crippen molar-refractivity contribution in [2.24, 2.45) is 0 Å². The molecule has 7 nitrogen and oxygen atoms in total. The molecule has 0 fully saturated rings. The van der Waals surface area contributed by atoms with Crippen molar-refractivity contribution >= 4 is 19.7 Å². The molecule has 0 aliphatic heterocycles. The van der Waals surface area contributed by atoms with Crippen molar-refractivity contribution in [3.63, 3.8) is 0 Å². The lowest BCUT2D eigenvalue weighted by Gasteiger charge is -2.04. The van der Waals surface area contributed by atoms with Crippen LogP contribution in [0, 0.1) is 6.92 Å². The maximum atomic E-state index is 11.3. The van der Waals surface area contributed by atoms with Crippen LogP contribution in [0.15, 0.2) is 11.4 Å². The summed E-state index contributed by atoms with van der Waals surface area (Å²) in [5.41, 5.74) is 1.48. The summed E-state index contributed by atoms with van der Waals surface area (Å²) in [7, 11) is 1.38. The molecule has 2 heterocycles. The second kappa shape index (κ2) is 4.11. The van der Waals surface area contributed by atoms with Gasteiger partial charge in [-0.05, 0) is 13.8 Å². The highest BCUT2D eigenvalue weighted by Crippen LogP contribution is 2.23. The summed E-state index contributed by atoms with van der Waals surface area (Å²) < 4.78 is 24.0. The van der Waals surface area contributed by atoms with Gasteiger partial charge in [0.2, 0.25) is 0 Å². The molecule has 0 unspecified atom stereocenters. The summed E-state index contributed by atoms with van der Waals surface area (Å²) >= 11 is 0. The number of aromatic nitrogens is 5. The molecule has 17 heavy (non-hydrogen) atoms. The second-order valence-corrected chi connectivity index (χ2v) is 5.86. The lowest BCUT2D eigenvalue weighted by molar-refractivity contribution is 0.582. The minimum Gasteiger partial charge on any atom is -0.297 e. The van der Waals surface area contributed by atoms with E-state index in [0.717, 1.165) is 5.69 Å². The van der Waals surface area contributed by atoms with Crippen LogP contribution >= 0.6 is 10.7 Å². The van der Waals surface area contributed by atoms with Crippen molar-refractivity contribution in [1.82, 2.24) is 25.0 Å². The van der Waals surface area contributed by atoms with Crippen LogP contribution in [0.4, 0.5) is 0 Å². The predicted molar refractivity (Wildman–Crippen MR) is 61.1 cm³/mol. The molecule has 2 rings (SSSR count). The van der Waals surface area contributed by atoms with Gasteiger partial charge in [-0.3, -0.25) is 9.67 Å². The molecule has 0 bridgehead atoms. The van der Waals surface area contributed by atoms with E-state index in [1.807, 2.05) is 6.92 Å². The number of halogens is 1. The molecule has 0 aliphatic carbocycles. The Bertz CT molecular complexity index is 645. The molecule has 2 aromatic heterocycles. The van der Waals surface area contributed by atoms with Gasteiger partial charge in [-0.15, -0.1) is 10.2 Å². The van der Waals surface area contributed by atoms with Gasteiger partial charge in [0.1, 0.15) is 0 Å². The van der Waals surface area contributed by atoms with E-state index in [9.17, 15) is 8.42 Å². The van der Waals surface area contributed by atoms with E-state index in [1.165, 1.54) is 4.57 Å². The molecule has 0 amide bonds. The maximum absolute atomic E-state index is 11.3. The van der Waals surface area contributed by atoms with Crippen LogP contribution in [-0.2, 0) is 15.6 Å². The molecule has 0 spiro atoms. The van der Waals surface area contributed by atoms with Crippen LogP contribution in [0.25, 0.3) is 11.4 Å². The Morgan fingerprint density at radius 2 is 2.18 bits per heavy atom. The number of hydrogen-bond donors (Lipinski definition) is 1. The zero-order valence-corrected chi connectivity index (χ0v) is 10.7. The van der Waals surface area contributed by atoms with Crippen molar-refractivity contribution < 1.29 is 8.42 Å². The predicted octanol–water partition coefficient (Wildman–Crippen LogP) is 0.924. The Morgan fingerprint density at radius 1 is 1.47 bits per heavy atom. The molecule has 0 radical (unpaired) electrons. The van der Waals surface area contributed by atoms with Crippen LogP contribution < -0.4 is 0 Å². The Morgan fingerprint density at radius 3 is 2.65 bits per heavy atom. The highest BCUT2D eigenvalue weighted by molar-refractivity contribution is 8.13. The van der Waals surface area contributed by atoms with Gasteiger partial charge in [-0.25, -0.2) is 8.42 Å². The average molecular weight is 276 g/mol. The van der Waals surface area contributed by atoms with Gasteiger partial charge in [0.15, 0.2) is 5.82 Å². The van der Waals surface area contributed by atoms with E-state index < -0.39 is 9.05 Å². The molecule has 9 heteroatoms. The van der Waals surface area contributed by atoms with Gasteiger partial charge in [0.05, 0.1) is 11.8 Å². The molecule has 0 aromatic carbocycles. The first kappa shape index (κ1) is 12.1. The van der Waals surface area contributed by atoms with E-state index in [1.54, 1.807) is 13.1 Å². The number of H-pyrrole nitrogens is 1. The SMILES string of the molecule is CCn1c(-c2cn[nH]c2C)nnc1S(=O)(=O)Cl. The molecule has 0 atom stereocenters. The topological polar surface area (TPSA) is 93.5 Å². The Balaban J connectivity index is 2.66. The normalized spacial score (nSPS) is 11.9. The fraction of sp³-hybridized carbons (Fsp3) is 0.375. The number of hydrogen-bond acceptors (Lipinski definition) is 5. The summed E-state index contributed by atoms with van der Waals surface area (Å²) in [5.74, 6) is 0.429. The third-order valence-electron chi connectivity index (χ3n) is 2.32. The Hall–Kier alpha value is -1.41. The zero-order valence-electron chi connectivity index (χ0n) is 9.18. The minimum atomic E-state index is -3.90. The summed E-state index contributed by atoms with van der Waals surface area (Å²) in [4.78, 5) is 0. The van der Waals surface area contributed by atoms with Crippen LogP contribution in [0.2, 0.25) is 0 Å². The van der Waals surface area contributed by atoms with Crippen LogP contribution in [-0.4, -0.2) is 33.4 Å². The molecule has 1 N–H and O–H groups in total. The Labute approximate surface area is 102 Å². The fourth-order valence-electron chi connectivity index (χ4n) is 1.53. The largest absolute Gasteiger partial charge is 0.297 e. The van der Waals surface area contributed by atoms with E-state index in [0.29, 0.717) is 17.9 Å². The first-order chi connectivity index (χ1) is 7.95. The average Bonchev–Trinajstić information content (AvgIpc) is 2.81. The summed E-state index contributed by atoms with van der Waals surface area (Å²) in [6, 6.07) is 0. The zero-order chi connectivity index (χ0) is 12.6. The van der Waals surface area contributed by atoms with Crippen molar-refractivity contribution in [1.29, 1.82) is 0 Å². The van der Waals surface area contributed by atoms with E-state index in [2.05, 4.69) is 20.4 Å². The van der Waals surface area contributed by atoms with Gasteiger partial charge >= 0.3 is 0 Å². The third kappa shape index (κ3) is 2.05. The van der Waals surface area contributed by atoms with E-state index in [-0.39, 0.29) is 5.16 Å².